The third-order valence-corrected chi connectivity index (χ3v) is 9.77. The standard InChI is InChI=1S/C40H40N4O6.C2HF3O2/c41-20-9-3-6-10-28-15-17-35-33(22-28)37(48)42-25-36(47)44(35)34-18-16-30(23-32(34)31-13-7-2-8-14-31)24-40(39(27-46,43-40)19-21-45)38(49)50-26-29-11-4-1-5-12-29;3-2(4,5)1(6)7/h1-2,4-5,7-8,11-18,21-23,27,43H,3,6,9-10,19-20,24-26,41H2,(H,42,48);(H,6,7)/t39?,40-;/m0./s1. The highest BCUT2D eigenvalue weighted by molar-refractivity contribution is 6.14. The van der Waals surface area contributed by atoms with Gasteiger partial charge in [-0.05, 0) is 72.3 Å². The van der Waals surface area contributed by atoms with E-state index in [0.29, 0.717) is 47.2 Å². The van der Waals surface area contributed by atoms with Crippen molar-refractivity contribution < 1.29 is 51.8 Å². The molecule has 298 valence electrons. The van der Waals surface area contributed by atoms with Gasteiger partial charge in [-0.1, -0.05) is 79.2 Å². The molecule has 2 heterocycles. The number of carbonyl (C=O) groups excluding carboxylic acids is 5. The summed E-state index contributed by atoms with van der Waals surface area (Å²) in [5.74, 6) is -4.03. The van der Waals surface area contributed by atoms with Crippen molar-refractivity contribution in [1.29, 1.82) is 0 Å². The first-order valence-electron chi connectivity index (χ1n) is 18.1. The van der Waals surface area contributed by atoms with E-state index >= 15 is 0 Å². The van der Waals surface area contributed by atoms with Gasteiger partial charge in [-0.15, -0.1) is 0 Å². The van der Waals surface area contributed by atoms with Crippen molar-refractivity contribution >= 4 is 47.7 Å². The number of unbranched alkanes of at least 4 members (excludes halogenated alkanes) is 2. The molecule has 15 heteroatoms. The maximum absolute atomic E-state index is 13.8. The van der Waals surface area contributed by atoms with Crippen LogP contribution in [0, 0.1) is 0 Å². The average Bonchev–Trinajstić information content (AvgIpc) is 3.88. The Kier molecular flexibility index (Phi) is 13.4. The molecular formula is C42H41F3N4O8. The first-order valence-corrected chi connectivity index (χ1v) is 18.1. The minimum absolute atomic E-state index is 0.00594. The molecule has 1 saturated heterocycles. The predicted molar refractivity (Wildman–Crippen MR) is 203 cm³/mol. The number of aryl methyl sites for hydroxylation is 1. The normalized spacial score (nSPS) is 18.6. The van der Waals surface area contributed by atoms with E-state index in [2.05, 4.69) is 10.6 Å². The summed E-state index contributed by atoms with van der Waals surface area (Å²) < 4.78 is 37.5. The number of anilines is 2. The van der Waals surface area contributed by atoms with E-state index in [1.54, 1.807) is 17.0 Å². The van der Waals surface area contributed by atoms with Crippen molar-refractivity contribution in [3.8, 4) is 11.1 Å². The van der Waals surface area contributed by atoms with Crippen LogP contribution in [0.1, 0.15) is 52.7 Å². The summed E-state index contributed by atoms with van der Waals surface area (Å²) in [6, 6.07) is 29.8. The summed E-state index contributed by atoms with van der Waals surface area (Å²) in [5, 5.41) is 12.9. The summed E-state index contributed by atoms with van der Waals surface area (Å²) in [6.07, 6.45) is -0.354. The van der Waals surface area contributed by atoms with Gasteiger partial charge in [0.1, 0.15) is 30.3 Å². The molecule has 4 aromatic rings. The van der Waals surface area contributed by atoms with Crippen molar-refractivity contribution in [3.05, 3.63) is 119 Å². The fourth-order valence-corrected chi connectivity index (χ4v) is 6.78. The van der Waals surface area contributed by atoms with Gasteiger partial charge in [0.25, 0.3) is 11.8 Å². The van der Waals surface area contributed by atoms with E-state index in [1.165, 1.54) is 0 Å². The lowest BCUT2D eigenvalue weighted by molar-refractivity contribution is -0.192. The number of hydrogen-bond acceptors (Lipinski definition) is 9. The van der Waals surface area contributed by atoms with Gasteiger partial charge in [-0.2, -0.15) is 13.2 Å². The van der Waals surface area contributed by atoms with Crippen molar-refractivity contribution in [1.82, 2.24) is 10.6 Å². The Morgan fingerprint density at radius 3 is 2.07 bits per heavy atom. The zero-order chi connectivity index (χ0) is 41.2. The van der Waals surface area contributed by atoms with E-state index in [9.17, 15) is 37.1 Å². The number of benzene rings is 4. The van der Waals surface area contributed by atoms with Gasteiger partial charge in [0.05, 0.1) is 23.5 Å². The third kappa shape index (κ3) is 9.62. The molecule has 0 bridgehead atoms. The highest BCUT2D eigenvalue weighted by Crippen LogP contribution is 2.45. The monoisotopic (exact) mass is 786 g/mol. The van der Waals surface area contributed by atoms with Crippen molar-refractivity contribution in [3.63, 3.8) is 0 Å². The van der Waals surface area contributed by atoms with Crippen molar-refractivity contribution in [2.24, 2.45) is 5.73 Å². The highest BCUT2D eigenvalue weighted by Gasteiger charge is 2.72. The van der Waals surface area contributed by atoms with Gasteiger partial charge in [0.15, 0.2) is 0 Å². The number of fused-ring (bicyclic) bond motifs is 1. The molecule has 2 amide bonds. The number of amides is 2. The fourth-order valence-electron chi connectivity index (χ4n) is 6.78. The molecule has 0 saturated carbocycles. The lowest BCUT2D eigenvalue weighted by atomic mass is 9.85. The summed E-state index contributed by atoms with van der Waals surface area (Å²) >= 11 is 0. The summed E-state index contributed by atoms with van der Waals surface area (Å²) in [6.45, 7) is 0.452. The van der Waals surface area contributed by atoms with Crippen LogP contribution >= 0.6 is 0 Å². The molecule has 12 nitrogen and oxygen atoms in total. The Balaban J connectivity index is 0.000000811. The number of aldehydes is 2. The van der Waals surface area contributed by atoms with Crippen molar-refractivity contribution in [2.75, 3.05) is 18.0 Å². The minimum Gasteiger partial charge on any atom is -0.475 e. The van der Waals surface area contributed by atoms with Crippen LogP contribution in [0.5, 0.6) is 0 Å². The molecule has 1 unspecified atom stereocenters. The van der Waals surface area contributed by atoms with Crippen LogP contribution in [0.2, 0.25) is 0 Å². The maximum atomic E-state index is 13.8. The second-order valence-corrected chi connectivity index (χ2v) is 13.6. The number of hydrogen-bond donors (Lipinski definition) is 4. The number of nitrogens with one attached hydrogen (secondary N) is 2. The molecule has 0 radical (unpaired) electrons. The lowest BCUT2D eigenvalue weighted by Crippen LogP contribution is -2.39. The fraction of sp³-hybridized carbons (Fsp3) is 0.286. The summed E-state index contributed by atoms with van der Waals surface area (Å²) in [5.41, 5.74) is 8.14. The van der Waals surface area contributed by atoms with Crippen LogP contribution < -0.4 is 21.3 Å². The van der Waals surface area contributed by atoms with E-state index in [4.69, 9.17) is 20.4 Å². The molecule has 0 aliphatic carbocycles. The number of esters is 1. The smallest absolute Gasteiger partial charge is 0.475 e. The first kappa shape index (κ1) is 42.0. The Labute approximate surface area is 326 Å². The Morgan fingerprint density at radius 2 is 1.46 bits per heavy atom. The molecule has 2 aliphatic heterocycles. The SMILES string of the molecule is NCCCCCc1ccc2c(c1)C(=O)NCC(=O)N2c1ccc(C[C@@]2(C(=O)OCc3ccccc3)NC2(C=O)CC=O)cc1-c1ccccc1.O=C(O)C(F)(F)F. The topological polar surface area (TPSA) is 195 Å². The van der Waals surface area contributed by atoms with Crippen molar-refractivity contribution in [2.45, 2.75) is 62.4 Å². The van der Waals surface area contributed by atoms with E-state index in [-0.39, 0.29) is 37.8 Å². The lowest BCUT2D eigenvalue weighted by Gasteiger charge is -2.26. The number of ether oxygens (including phenoxy) is 1. The Hall–Kier alpha value is -6.19. The van der Waals surface area contributed by atoms with E-state index in [0.717, 1.165) is 42.4 Å². The molecule has 1 fully saturated rings. The second-order valence-electron chi connectivity index (χ2n) is 13.6. The number of halogens is 3. The average molecular weight is 787 g/mol. The summed E-state index contributed by atoms with van der Waals surface area (Å²) in [7, 11) is 0. The number of aliphatic carboxylic acids is 1. The van der Waals surface area contributed by atoms with Gasteiger partial charge in [-0.3, -0.25) is 19.8 Å². The molecular weight excluding hydrogens is 745 g/mol. The van der Waals surface area contributed by atoms with Gasteiger partial charge in [-0.25, -0.2) is 9.59 Å². The molecule has 2 aliphatic rings. The number of carbonyl (C=O) groups is 6. The molecule has 5 N–H and O–H groups in total. The van der Waals surface area contributed by atoms with E-state index < -0.39 is 29.2 Å². The number of alkyl halides is 3. The van der Waals surface area contributed by atoms with Crippen LogP contribution in [0.25, 0.3) is 11.1 Å². The first-order chi connectivity index (χ1) is 27.3. The third-order valence-electron chi connectivity index (χ3n) is 9.77. The van der Waals surface area contributed by atoms with Crippen LogP contribution in [0.4, 0.5) is 24.5 Å². The quantitative estimate of drug-likeness (QED) is 0.0537. The predicted octanol–water partition coefficient (Wildman–Crippen LogP) is 5.22. The maximum Gasteiger partial charge on any atom is 0.490 e. The molecule has 6 rings (SSSR count). The number of nitrogens with two attached hydrogens (primary N) is 1. The van der Waals surface area contributed by atoms with Gasteiger partial charge in [0, 0.05) is 18.4 Å². The number of nitrogens with zero attached hydrogens (tertiary/aromatic N) is 1. The molecule has 4 aromatic carbocycles. The van der Waals surface area contributed by atoms with E-state index in [1.807, 2.05) is 84.9 Å². The largest absolute Gasteiger partial charge is 0.490 e. The van der Waals surface area contributed by atoms with Gasteiger partial charge in [0.2, 0.25) is 0 Å². The van der Waals surface area contributed by atoms with Crippen LogP contribution in [0.3, 0.4) is 0 Å². The Bertz CT molecular complexity index is 2120. The highest BCUT2D eigenvalue weighted by atomic mass is 19.4. The number of carboxylic acids is 1. The molecule has 0 aromatic heterocycles. The number of carboxylic acid groups (broad SMARTS) is 1. The number of rotatable bonds is 15. The molecule has 0 spiro atoms. The van der Waals surface area contributed by atoms with Crippen LogP contribution in [-0.4, -0.2) is 71.8 Å². The summed E-state index contributed by atoms with van der Waals surface area (Å²) in [4.78, 5) is 75.4. The molecule has 57 heavy (non-hydrogen) atoms. The Morgan fingerprint density at radius 1 is 0.842 bits per heavy atom. The zero-order valence-electron chi connectivity index (χ0n) is 30.7. The van der Waals surface area contributed by atoms with Crippen LogP contribution in [0.15, 0.2) is 97.1 Å². The second kappa shape index (κ2) is 18.2. The minimum atomic E-state index is -5.08. The zero-order valence-corrected chi connectivity index (χ0v) is 30.7. The van der Waals surface area contributed by atoms with Gasteiger partial charge < -0.3 is 30.5 Å². The van der Waals surface area contributed by atoms with Gasteiger partial charge >= 0.3 is 18.1 Å². The van der Waals surface area contributed by atoms with Crippen LogP contribution in [-0.2, 0) is 48.2 Å². The molecule has 2 atom stereocenters.